The maximum Gasteiger partial charge on any atom is 0.106 e. The Labute approximate surface area is 90.5 Å². The van der Waals surface area contributed by atoms with Crippen molar-refractivity contribution >= 4 is 26.8 Å². The molecule has 2 rings (SSSR count). The second-order valence-electron chi connectivity index (χ2n) is 3.38. The average molecular weight is 255 g/mol. The van der Waals surface area contributed by atoms with Crippen molar-refractivity contribution in [2.24, 2.45) is 0 Å². The van der Waals surface area contributed by atoms with Crippen molar-refractivity contribution in [3.05, 3.63) is 28.9 Å². The van der Waals surface area contributed by atoms with E-state index in [0.717, 1.165) is 15.4 Å². The Hall–Kier alpha value is -0.870. The number of fused-ring (bicyclic) bond motifs is 1. The topological polar surface area (TPSA) is 38.0 Å². The van der Waals surface area contributed by atoms with Gasteiger partial charge in [-0.25, -0.2) is 0 Å². The lowest BCUT2D eigenvalue weighted by Gasteiger charge is -2.02. The van der Waals surface area contributed by atoms with E-state index in [-0.39, 0.29) is 6.10 Å². The first kappa shape index (κ1) is 9.68. The lowest BCUT2D eigenvalue weighted by Crippen LogP contribution is -2.11. The normalized spacial score (nSPS) is 13.4. The molecule has 0 fully saturated rings. The van der Waals surface area contributed by atoms with Gasteiger partial charge in [-0.05, 0) is 28.9 Å². The number of rotatable bonds is 2. The predicted octanol–water partition coefficient (Wildman–Crippen LogP) is 2.18. The summed E-state index contributed by atoms with van der Waals surface area (Å²) >= 11 is 3.44. The van der Waals surface area contributed by atoms with Gasteiger partial charge < -0.3 is 5.11 Å². The van der Waals surface area contributed by atoms with E-state index in [2.05, 4.69) is 21.0 Å². The monoisotopic (exact) mass is 254 g/mol. The van der Waals surface area contributed by atoms with E-state index >= 15 is 0 Å². The molecule has 0 radical (unpaired) electrons. The van der Waals surface area contributed by atoms with Gasteiger partial charge in [-0.15, -0.1) is 0 Å². The summed E-state index contributed by atoms with van der Waals surface area (Å²) in [5.74, 6) is 0. The second kappa shape index (κ2) is 3.71. The molecule has 0 aliphatic rings. The lowest BCUT2D eigenvalue weighted by atomic mass is 10.3. The van der Waals surface area contributed by atoms with Crippen molar-refractivity contribution in [2.75, 3.05) is 0 Å². The molecule has 0 bridgehead atoms. The highest BCUT2D eigenvalue weighted by molar-refractivity contribution is 9.10. The van der Waals surface area contributed by atoms with E-state index in [4.69, 9.17) is 0 Å². The van der Waals surface area contributed by atoms with Crippen LogP contribution in [0.5, 0.6) is 0 Å². The van der Waals surface area contributed by atoms with E-state index in [1.165, 1.54) is 0 Å². The minimum absolute atomic E-state index is 0.372. The van der Waals surface area contributed by atoms with Gasteiger partial charge >= 0.3 is 0 Å². The van der Waals surface area contributed by atoms with Crippen LogP contribution in [0.4, 0.5) is 0 Å². The van der Waals surface area contributed by atoms with Crippen LogP contribution in [0.15, 0.2) is 28.9 Å². The molecule has 0 spiro atoms. The summed E-state index contributed by atoms with van der Waals surface area (Å²) in [7, 11) is 0. The average Bonchev–Trinajstić information content (AvgIpc) is 2.47. The third-order valence-electron chi connectivity index (χ3n) is 1.99. The molecule has 3 nitrogen and oxygen atoms in total. The molecule has 1 heterocycles. The van der Waals surface area contributed by atoms with Crippen molar-refractivity contribution in [3.63, 3.8) is 0 Å². The Balaban J connectivity index is 2.46. The maximum absolute atomic E-state index is 9.23. The highest BCUT2D eigenvalue weighted by Gasteiger charge is 2.05. The van der Waals surface area contributed by atoms with Crippen LogP contribution >= 0.6 is 15.9 Å². The van der Waals surface area contributed by atoms with E-state index in [9.17, 15) is 5.11 Å². The highest BCUT2D eigenvalue weighted by atomic mass is 79.9. The van der Waals surface area contributed by atoms with Crippen LogP contribution in [-0.4, -0.2) is 21.0 Å². The molecule has 1 aromatic heterocycles. The summed E-state index contributed by atoms with van der Waals surface area (Å²) in [5.41, 5.74) is 0.938. The molecule has 0 aliphatic heterocycles. The van der Waals surface area contributed by atoms with Crippen molar-refractivity contribution in [1.82, 2.24) is 9.78 Å². The van der Waals surface area contributed by atoms with E-state index in [0.29, 0.717) is 6.54 Å². The number of halogens is 1. The molecule has 2 aromatic rings. The molecule has 14 heavy (non-hydrogen) atoms. The minimum Gasteiger partial charge on any atom is -0.391 e. The van der Waals surface area contributed by atoms with Gasteiger partial charge in [0.15, 0.2) is 0 Å². The minimum atomic E-state index is -0.372. The molecule has 1 aromatic carbocycles. The molecule has 1 atom stereocenters. The number of hydrogen-bond donors (Lipinski definition) is 1. The second-order valence-corrected chi connectivity index (χ2v) is 4.23. The van der Waals surface area contributed by atoms with Crippen LogP contribution in [0.3, 0.4) is 0 Å². The number of nitrogens with zero attached hydrogens (tertiary/aromatic N) is 2. The van der Waals surface area contributed by atoms with Crippen molar-refractivity contribution in [2.45, 2.75) is 19.6 Å². The van der Waals surface area contributed by atoms with Crippen LogP contribution in [0.25, 0.3) is 10.9 Å². The van der Waals surface area contributed by atoms with Gasteiger partial charge in [0, 0.05) is 16.1 Å². The molecular formula is C10H11BrN2O. The van der Waals surface area contributed by atoms with Crippen molar-refractivity contribution in [1.29, 1.82) is 0 Å². The van der Waals surface area contributed by atoms with Crippen LogP contribution < -0.4 is 0 Å². The smallest absolute Gasteiger partial charge is 0.106 e. The van der Waals surface area contributed by atoms with Crippen LogP contribution in [0, 0.1) is 0 Å². The quantitative estimate of drug-likeness (QED) is 0.893. The Bertz CT molecular complexity index is 450. The highest BCUT2D eigenvalue weighted by Crippen LogP contribution is 2.21. The zero-order valence-corrected chi connectivity index (χ0v) is 9.40. The fraction of sp³-hybridized carbons (Fsp3) is 0.300. The Morgan fingerprint density at radius 2 is 2.36 bits per heavy atom. The molecular weight excluding hydrogens is 244 g/mol. The Morgan fingerprint density at radius 3 is 3.00 bits per heavy atom. The van der Waals surface area contributed by atoms with Crippen molar-refractivity contribution in [3.8, 4) is 0 Å². The van der Waals surface area contributed by atoms with Gasteiger partial charge in [0.1, 0.15) is 5.52 Å². The predicted molar refractivity (Wildman–Crippen MR) is 59.1 cm³/mol. The summed E-state index contributed by atoms with van der Waals surface area (Å²) in [4.78, 5) is 0. The Morgan fingerprint density at radius 1 is 1.57 bits per heavy atom. The first-order valence-electron chi connectivity index (χ1n) is 4.46. The molecule has 0 saturated heterocycles. The number of benzene rings is 1. The summed E-state index contributed by atoms with van der Waals surface area (Å²) in [6, 6.07) is 5.94. The number of hydrogen-bond acceptors (Lipinski definition) is 2. The fourth-order valence-electron chi connectivity index (χ4n) is 1.42. The van der Waals surface area contributed by atoms with Gasteiger partial charge in [-0.1, -0.05) is 12.1 Å². The molecule has 0 unspecified atom stereocenters. The Kier molecular flexibility index (Phi) is 2.56. The SMILES string of the molecule is C[C@H](O)Cn1cc2cccc(Br)c2n1. The van der Waals surface area contributed by atoms with Crippen LogP contribution in [0.1, 0.15) is 6.92 Å². The summed E-state index contributed by atoms with van der Waals surface area (Å²) < 4.78 is 2.75. The third-order valence-corrected chi connectivity index (χ3v) is 2.63. The third kappa shape index (κ3) is 1.81. The first-order chi connectivity index (χ1) is 6.66. The van der Waals surface area contributed by atoms with E-state index in [1.807, 2.05) is 24.4 Å². The number of aromatic nitrogens is 2. The van der Waals surface area contributed by atoms with Crippen molar-refractivity contribution < 1.29 is 5.11 Å². The van der Waals surface area contributed by atoms with Gasteiger partial charge in [-0.2, -0.15) is 5.10 Å². The molecule has 1 N–H and O–H groups in total. The number of aliphatic hydroxyl groups excluding tert-OH is 1. The fourth-order valence-corrected chi connectivity index (χ4v) is 1.88. The summed E-state index contributed by atoms with van der Waals surface area (Å²) in [5, 5.41) is 14.7. The summed E-state index contributed by atoms with van der Waals surface area (Å²) in [6.45, 7) is 2.28. The van der Waals surface area contributed by atoms with Gasteiger partial charge in [0.2, 0.25) is 0 Å². The molecule has 4 heteroatoms. The maximum atomic E-state index is 9.23. The van der Waals surface area contributed by atoms with E-state index in [1.54, 1.807) is 11.6 Å². The first-order valence-corrected chi connectivity index (χ1v) is 5.26. The van der Waals surface area contributed by atoms with Crippen LogP contribution in [0.2, 0.25) is 0 Å². The summed E-state index contributed by atoms with van der Waals surface area (Å²) in [6.07, 6.45) is 1.57. The lowest BCUT2D eigenvalue weighted by molar-refractivity contribution is 0.169. The molecule has 0 aliphatic carbocycles. The van der Waals surface area contributed by atoms with Gasteiger partial charge in [0.25, 0.3) is 0 Å². The molecule has 0 amide bonds. The number of aliphatic hydroxyl groups is 1. The van der Waals surface area contributed by atoms with E-state index < -0.39 is 0 Å². The standard InChI is InChI=1S/C10H11BrN2O/c1-7(14)5-13-6-8-3-2-4-9(11)10(8)12-13/h2-4,6-7,14H,5H2,1H3/t7-/m0/s1. The van der Waals surface area contributed by atoms with Gasteiger partial charge in [0.05, 0.1) is 12.6 Å². The molecule has 74 valence electrons. The zero-order chi connectivity index (χ0) is 10.1. The molecule has 0 saturated carbocycles. The van der Waals surface area contributed by atoms with Gasteiger partial charge in [-0.3, -0.25) is 4.68 Å². The zero-order valence-electron chi connectivity index (χ0n) is 7.81. The largest absolute Gasteiger partial charge is 0.391 e. The van der Waals surface area contributed by atoms with Crippen LogP contribution in [-0.2, 0) is 6.54 Å².